The van der Waals surface area contributed by atoms with Gasteiger partial charge in [-0.2, -0.15) is 0 Å². The van der Waals surface area contributed by atoms with E-state index >= 15 is 0 Å². The second-order valence-electron chi connectivity index (χ2n) is 2.10. The number of allylic oxidation sites excluding steroid dienone is 3. The van der Waals surface area contributed by atoms with Gasteiger partial charge < -0.3 is 5.32 Å². The molecule has 0 aromatic rings. The Morgan fingerprint density at radius 1 is 1.31 bits per heavy atom. The number of hydrogen-bond donors (Lipinski definition) is 1. The maximum atomic E-state index is 5.55. The van der Waals surface area contributed by atoms with E-state index in [2.05, 4.69) is 5.32 Å². The Hall–Kier alpha value is -0.530. The minimum Gasteiger partial charge on any atom is -0.316 e. The summed E-state index contributed by atoms with van der Waals surface area (Å²) in [6.07, 6.45) is 7.88. The fourth-order valence-electron chi connectivity index (χ4n) is 0.628. The summed E-state index contributed by atoms with van der Waals surface area (Å²) in [5.41, 5.74) is 2.66. The molecule has 0 bridgehead atoms. The zero-order valence-electron chi connectivity index (χ0n) is 8.97. The third-order valence-corrected chi connectivity index (χ3v) is 1.42. The lowest BCUT2D eigenvalue weighted by Crippen LogP contribution is -2.08. The predicted molar refractivity (Wildman–Crippen MR) is 63.2 cm³/mol. The third kappa shape index (κ3) is 11.5. The molecular weight excluding hydrogens is 182 g/mol. The molecule has 0 radical (unpaired) electrons. The van der Waals surface area contributed by atoms with Crippen molar-refractivity contribution < 1.29 is 0 Å². The van der Waals surface area contributed by atoms with Gasteiger partial charge in [0.15, 0.2) is 0 Å². The minimum atomic E-state index is 0.803. The molecule has 0 heterocycles. The Morgan fingerprint density at radius 3 is 2.31 bits per heavy atom. The summed E-state index contributed by atoms with van der Waals surface area (Å²) in [5, 5.41) is 3.02. The lowest BCUT2D eigenvalue weighted by atomic mass is 10.2. The summed E-state index contributed by atoms with van der Waals surface area (Å²) >= 11 is 5.55. The van der Waals surface area contributed by atoms with Gasteiger partial charge in [-0.05, 0) is 19.5 Å². The molecule has 0 atom stereocenters. The largest absolute Gasteiger partial charge is 0.316 e. The summed E-state index contributed by atoms with van der Waals surface area (Å²) in [6, 6.07) is 0. The summed E-state index contributed by atoms with van der Waals surface area (Å²) in [6.45, 7) is 6.78. The van der Waals surface area contributed by atoms with Crippen molar-refractivity contribution >= 4 is 11.6 Å². The molecule has 0 rings (SSSR count). The zero-order valence-corrected chi connectivity index (χ0v) is 9.73. The van der Waals surface area contributed by atoms with E-state index in [4.69, 9.17) is 11.6 Å². The summed E-state index contributed by atoms with van der Waals surface area (Å²) in [4.78, 5) is 0. The van der Waals surface area contributed by atoms with Crippen LogP contribution in [0.4, 0.5) is 0 Å². The average Bonchev–Trinajstić information content (AvgIpc) is 2.20. The quantitative estimate of drug-likeness (QED) is 0.687. The van der Waals surface area contributed by atoms with Crippen LogP contribution in [0.5, 0.6) is 0 Å². The molecule has 0 saturated carbocycles. The van der Waals surface area contributed by atoms with Crippen LogP contribution < -0.4 is 5.32 Å². The van der Waals surface area contributed by atoms with Crippen LogP contribution in [-0.2, 0) is 0 Å². The first-order valence-electron chi connectivity index (χ1n) is 4.58. The van der Waals surface area contributed by atoms with Crippen LogP contribution in [0.3, 0.4) is 0 Å². The van der Waals surface area contributed by atoms with Crippen molar-refractivity contribution in [1.82, 2.24) is 5.32 Å². The highest BCUT2D eigenvalue weighted by molar-refractivity contribution is 6.25. The van der Waals surface area contributed by atoms with Crippen molar-refractivity contribution in [3.8, 4) is 0 Å². The highest BCUT2D eigenvalue weighted by atomic mass is 35.5. The molecule has 1 N–H and O–H groups in total. The minimum absolute atomic E-state index is 0.803. The van der Waals surface area contributed by atoms with Crippen molar-refractivity contribution in [2.24, 2.45) is 0 Å². The van der Waals surface area contributed by atoms with Gasteiger partial charge in [0.2, 0.25) is 0 Å². The van der Waals surface area contributed by atoms with Crippen LogP contribution in [0.1, 0.15) is 20.8 Å². The van der Waals surface area contributed by atoms with Gasteiger partial charge in [0.25, 0.3) is 0 Å². The Morgan fingerprint density at radius 2 is 1.92 bits per heavy atom. The van der Waals surface area contributed by atoms with E-state index in [1.807, 2.05) is 52.1 Å². The molecule has 0 spiro atoms. The molecule has 13 heavy (non-hydrogen) atoms. The van der Waals surface area contributed by atoms with Crippen molar-refractivity contribution in [2.45, 2.75) is 20.8 Å². The molecule has 0 fully saturated rings. The molecule has 0 amide bonds. The monoisotopic (exact) mass is 201 g/mol. The first-order valence-corrected chi connectivity index (χ1v) is 5.02. The number of hydrogen-bond acceptors (Lipinski definition) is 1. The Kier molecular flexibility index (Phi) is 16.1. The SMILES string of the molecule is CC.C\C=C/C=C\C(=C\Cl)CNC. The topological polar surface area (TPSA) is 12.0 Å². The smallest absolute Gasteiger partial charge is 0.0211 e. The number of rotatable bonds is 4. The molecule has 0 unspecified atom stereocenters. The van der Waals surface area contributed by atoms with E-state index in [1.165, 1.54) is 0 Å². The van der Waals surface area contributed by atoms with E-state index in [0.717, 1.165) is 12.1 Å². The predicted octanol–water partition coefficient (Wildman–Crippen LogP) is 3.49. The van der Waals surface area contributed by atoms with Gasteiger partial charge in [0.05, 0.1) is 0 Å². The standard InChI is InChI=1S/C9H14ClN.C2H6/c1-3-4-5-6-9(7-10)8-11-2;1-2/h3-7,11H,8H2,1-2H3;1-2H3/b4-3-,6-5-,9-7-;. The fourth-order valence-corrected chi connectivity index (χ4v) is 0.778. The fraction of sp³-hybridized carbons (Fsp3) is 0.455. The van der Waals surface area contributed by atoms with Crippen molar-refractivity contribution in [1.29, 1.82) is 0 Å². The van der Waals surface area contributed by atoms with Crippen LogP contribution in [0.2, 0.25) is 0 Å². The van der Waals surface area contributed by atoms with Crippen molar-refractivity contribution in [3.05, 3.63) is 35.4 Å². The maximum absolute atomic E-state index is 5.55. The van der Waals surface area contributed by atoms with Gasteiger partial charge in [0.1, 0.15) is 0 Å². The van der Waals surface area contributed by atoms with Crippen LogP contribution in [0, 0.1) is 0 Å². The summed E-state index contributed by atoms with van der Waals surface area (Å²) < 4.78 is 0. The summed E-state index contributed by atoms with van der Waals surface area (Å²) in [7, 11) is 1.89. The van der Waals surface area contributed by atoms with Crippen LogP contribution in [0.25, 0.3) is 0 Å². The molecule has 0 aliphatic rings. The first kappa shape index (κ1) is 15.0. The van der Waals surface area contributed by atoms with Crippen LogP contribution in [-0.4, -0.2) is 13.6 Å². The van der Waals surface area contributed by atoms with Gasteiger partial charge in [0, 0.05) is 12.1 Å². The molecule has 76 valence electrons. The normalized spacial score (nSPS) is 11.9. The van der Waals surface area contributed by atoms with Crippen LogP contribution in [0.15, 0.2) is 35.4 Å². The highest BCUT2D eigenvalue weighted by Gasteiger charge is 1.85. The Bertz CT molecular complexity index is 169. The molecule has 0 aliphatic heterocycles. The third-order valence-electron chi connectivity index (χ3n) is 1.13. The molecule has 0 aromatic carbocycles. The Balaban J connectivity index is 0. The van der Waals surface area contributed by atoms with Gasteiger partial charge in [-0.1, -0.05) is 49.8 Å². The molecule has 0 aromatic heterocycles. The lowest BCUT2D eigenvalue weighted by Gasteiger charge is -1.96. The van der Waals surface area contributed by atoms with Gasteiger partial charge >= 0.3 is 0 Å². The number of nitrogens with one attached hydrogen (secondary N) is 1. The van der Waals surface area contributed by atoms with Crippen molar-refractivity contribution in [2.75, 3.05) is 13.6 Å². The molecule has 2 heteroatoms. The van der Waals surface area contributed by atoms with Gasteiger partial charge in [-0.15, -0.1) is 0 Å². The lowest BCUT2D eigenvalue weighted by molar-refractivity contribution is 0.897. The Labute approximate surface area is 87.2 Å². The highest BCUT2D eigenvalue weighted by Crippen LogP contribution is 1.97. The molecule has 0 saturated heterocycles. The second-order valence-corrected chi connectivity index (χ2v) is 2.32. The van der Waals surface area contributed by atoms with Gasteiger partial charge in [-0.25, -0.2) is 0 Å². The summed E-state index contributed by atoms with van der Waals surface area (Å²) in [5.74, 6) is 0. The second kappa shape index (κ2) is 14.0. The van der Waals surface area contributed by atoms with Crippen LogP contribution >= 0.6 is 11.6 Å². The van der Waals surface area contributed by atoms with E-state index in [0.29, 0.717) is 0 Å². The van der Waals surface area contributed by atoms with E-state index < -0.39 is 0 Å². The molecule has 1 nitrogen and oxygen atoms in total. The number of likely N-dealkylation sites (N-methyl/N-ethyl adjacent to an activating group) is 1. The molecule has 0 aliphatic carbocycles. The van der Waals surface area contributed by atoms with Crippen molar-refractivity contribution in [3.63, 3.8) is 0 Å². The zero-order chi connectivity index (χ0) is 10.5. The number of halogens is 1. The van der Waals surface area contributed by atoms with E-state index in [9.17, 15) is 0 Å². The maximum Gasteiger partial charge on any atom is 0.0211 e. The average molecular weight is 202 g/mol. The van der Waals surface area contributed by atoms with E-state index in [-0.39, 0.29) is 0 Å². The molecular formula is C11H20ClN. The van der Waals surface area contributed by atoms with Gasteiger partial charge in [-0.3, -0.25) is 0 Å². The van der Waals surface area contributed by atoms with E-state index in [1.54, 1.807) is 5.54 Å². The first-order chi connectivity index (χ1) is 6.35.